The molecule has 0 spiro atoms. The van der Waals surface area contributed by atoms with E-state index in [0.29, 0.717) is 18.7 Å². The zero-order chi connectivity index (χ0) is 14.0. The first kappa shape index (κ1) is 14.0. The Kier molecular flexibility index (Phi) is 3.92. The van der Waals surface area contributed by atoms with E-state index in [0.717, 1.165) is 11.1 Å². The molecule has 0 aliphatic carbocycles. The van der Waals surface area contributed by atoms with Crippen molar-refractivity contribution in [2.45, 2.75) is 32.9 Å². The Morgan fingerprint density at radius 1 is 1.37 bits per heavy atom. The average molecular weight is 265 g/mol. The molecule has 0 amide bonds. The van der Waals surface area contributed by atoms with Gasteiger partial charge in [0.05, 0.1) is 12.1 Å². The number of aliphatic hydroxyl groups is 1. The SMILES string of the molecule is CC(C)C(C)(O)CNCc1cc2cc(F)ccc2o1. The van der Waals surface area contributed by atoms with Gasteiger partial charge in [0.25, 0.3) is 0 Å². The van der Waals surface area contributed by atoms with Crippen LogP contribution in [0.5, 0.6) is 0 Å². The maximum atomic E-state index is 13.1. The molecule has 104 valence electrons. The Labute approximate surface area is 112 Å². The van der Waals surface area contributed by atoms with Gasteiger partial charge in [0.2, 0.25) is 0 Å². The summed E-state index contributed by atoms with van der Waals surface area (Å²) in [5.41, 5.74) is -0.0770. The highest BCUT2D eigenvalue weighted by molar-refractivity contribution is 5.77. The molecule has 0 bridgehead atoms. The third-order valence-electron chi connectivity index (χ3n) is 3.56. The molecule has 1 aromatic carbocycles. The van der Waals surface area contributed by atoms with Crippen LogP contribution in [0, 0.1) is 11.7 Å². The lowest BCUT2D eigenvalue weighted by Gasteiger charge is -2.27. The van der Waals surface area contributed by atoms with Crippen molar-refractivity contribution in [1.29, 1.82) is 0 Å². The van der Waals surface area contributed by atoms with Gasteiger partial charge in [0.1, 0.15) is 17.2 Å². The molecule has 2 N–H and O–H groups in total. The lowest BCUT2D eigenvalue weighted by atomic mass is 9.92. The quantitative estimate of drug-likeness (QED) is 0.873. The Morgan fingerprint density at radius 2 is 2.11 bits per heavy atom. The van der Waals surface area contributed by atoms with Crippen LogP contribution in [-0.2, 0) is 6.54 Å². The van der Waals surface area contributed by atoms with E-state index in [-0.39, 0.29) is 11.7 Å². The van der Waals surface area contributed by atoms with Gasteiger partial charge in [-0.3, -0.25) is 0 Å². The first-order valence-electron chi connectivity index (χ1n) is 6.49. The van der Waals surface area contributed by atoms with Gasteiger partial charge < -0.3 is 14.8 Å². The third kappa shape index (κ3) is 3.33. The van der Waals surface area contributed by atoms with Crippen LogP contribution < -0.4 is 5.32 Å². The van der Waals surface area contributed by atoms with Gasteiger partial charge in [0.15, 0.2) is 0 Å². The van der Waals surface area contributed by atoms with Gasteiger partial charge in [-0.1, -0.05) is 13.8 Å². The van der Waals surface area contributed by atoms with Crippen molar-refractivity contribution in [1.82, 2.24) is 5.32 Å². The number of hydrogen-bond donors (Lipinski definition) is 2. The number of fused-ring (bicyclic) bond motifs is 1. The standard InChI is InChI=1S/C15H20FNO2/c1-10(2)15(3,18)9-17-8-13-7-11-6-12(16)4-5-14(11)19-13/h4-7,10,17-18H,8-9H2,1-3H3. The van der Waals surface area contributed by atoms with E-state index in [1.165, 1.54) is 12.1 Å². The van der Waals surface area contributed by atoms with Crippen molar-refractivity contribution in [3.8, 4) is 0 Å². The van der Waals surface area contributed by atoms with Crippen molar-refractivity contribution in [2.24, 2.45) is 5.92 Å². The van der Waals surface area contributed by atoms with Gasteiger partial charge >= 0.3 is 0 Å². The molecule has 0 aliphatic rings. The minimum atomic E-state index is -0.752. The molecule has 19 heavy (non-hydrogen) atoms. The van der Waals surface area contributed by atoms with Gasteiger partial charge in [-0.2, -0.15) is 0 Å². The summed E-state index contributed by atoms with van der Waals surface area (Å²) in [6.45, 7) is 6.76. The highest BCUT2D eigenvalue weighted by Gasteiger charge is 2.24. The molecule has 1 heterocycles. The van der Waals surface area contributed by atoms with Gasteiger partial charge in [-0.05, 0) is 37.1 Å². The fourth-order valence-electron chi connectivity index (χ4n) is 1.80. The van der Waals surface area contributed by atoms with E-state index < -0.39 is 5.60 Å². The molecule has 2 rings (SSSR count). The lowest BCUT2D eigenvalue weighted by Crippen LogP contribution is -2.41. The van der Waals surface area contributed by atoms with Crippen LogP contribution in [0.3, 0.4) is 0 Å². The fourth-order valence-corrected chi connectivity index (χ4v) is 1.80. The van der Waals surface area contributed by atoms with E-state index in [4.69, 9.17) is 4.42 Å². The van der Waals surface area contributed by atoms with Crippen molar-refractivity contribution >= 4 is 11.0 Å². The second kappa shape index (κ2) is 5.31. The zero-order valence-electron chi connectivity index (χ0n) is 11.5. The molecule has 0 fully saturated rings. The van der Waals surface area contributed by atoms with Gasteiger partial charge in [0, 0.05) is 11.9 Å². The molecular formula is C15H20FNO2. The molecule has 0 saturated heterocycles. The summed E-state index contributed by atoms with van der Waals surface area (Å²) >= 11 is 0. The van der Waals surface area contributed by atoms with Crippen molar-refractivity contribution in [2.75, 3.05) is 6.54 Å². The van der Waals surface area contributed by atoms with E-state index >= 15 is 0 Å². The van der Waals surface area contributed by atoms with Crippen LogP contribution in [0.4, 0.5) is 4.39 Å². The Morgan fingerprint density at radius 3 is 2.79 bits per heavy atom. The van der Waals surface area contributed by atoms with Gasteiger partial charge in [-0.15, -0.1) is 0 Å². The predicted octanol–water partition coefficient (Wildman–Crippen LogP) is 3.07. The molecule has 3 nitrogen and oxygen atoms in total. The van der Waals surface area contributed by atoms with Crippen LogP contribution in [0.2, 0.25) is 0 Å². The Hall–Kier alpha value is -1.39. The number of benzene rings is 1. The highest BCUT2D eigenvalue weighted by atomic mass is 19.1. The molecule has 1 unspecified atom stereocenters. The number of halogens is 1. The summed E-state index contributed by atoms with van der Waals surface area (Å²) in [5.74, 6) is 0.639. The monoisotopic (exact) mass is 265 g/mol. The summed E-state index contributed by atoms with van der Waals surface area (Å²) in [4.78, 5) is 0. The molecule has 0 saturated carbocycles. The molecule has 1 aromatic heterocycles. The fraction of sp³-hybridized carbons (Fsp3) is 0.467. The maximum Gasteiger partial charge on any atom is 0.134 e. The third-order valence-corrected chi connectivity index (χ3v) is 3.56. The molecule has 1 atom stereocenters. The molecular weight excluding hydrogens is 245 g/mol. The van der Waals surface area contributed by atoms with E-state index in [2.05, 4.69) is 5.32 Å². The van der Waals surface area contributed by atoms with Crippen molar-refractivity contribution in [3.63, 3.8) is 0 Å². The predicted molar refractivity (Wildman–Crippen MR) is 73.3 cm³/mol. The molecule has 2 aromatic rings. The van der Waals surface area contributed by atoms with Crippen LogP contribution in [0.1, 0.15) is 26.5 Å². The van der Waals surface area contributed by atoms with Crippen LogP contribution in [0.25, 0.3) is 11.0 Å². The molecule has 4 heteroatoms. The normalized spacial score (nSPS) is 15.1. The average Bonchev–Trinajstić information content (AvgIpc) is 2.70. The summed E-state index contributed by atoms with van der Waals surface area (Å²) in [5, 5.41) is 14.0. The largest absolute Gasteiger partial charge is 0.460 e. The Balaban J connectivity index is 1.99. The van der Waals surface area contributed by atoms with E-state index in [9.17, 15) is 9.50 Å². The Bertz CT molecular complexity index is 560. The first-order chi connectivity index (χ1) is 8.88. The smallest absolute Gasteiger partial charge is 0.134 e. The minimum Gasteiger partial charge on any atom is -0.460 e. The number of furan rings is 1. The first-order valence-corrected chi connectivity index (χ1v) is 6.49. The minimum absolute atomic E-state index is 0.171. The van der Waals surface area contributed by atoms with E-state index in [1.807, 2.05) is 19.9 Å². The second-order valence-electron chi connectivity index (χ2n) is 5.51. The number of hydrogen-bond acceptors (Lipinski definition) is 3. The van der Waals surface area contributed by atoms with E-state index in [1.54, 1.807) is 13.0 Å². The summed E-state index contributed by atoms with van der Waals surface area (Å²) in [6.07, 6.45) is 0. The summed E-state index contributed by atoms with van der Waals surface area (Å²) in [6, 6.07) is 6.27. The second-order valence-corrected chi connectivity index (χ2v) is 5.51. The van der Waals surface area contributed by atoms with Gasteiger partial charge in [-0.25, -0.2) is 4.39 Å². The molecule has 0 radical (unpaired) electrons. The van der Waals surface area contributed by atoms with Crippen LogP contribution in [-0.4, -0.2) is 17.3 Å². The number of rotatable bonds is 5. The zero-order valence-corrected chi connectivity index (χ0v) is 11.5. The summed E-state index contributed by atoms with van der Waals surface area (Å²) < 4.78 is 18.6. The topological polar surface area (TPSA) is 45.4 Å². The molecule has 0 aliphatic heterocycles. The number of nitrogens with one attached hydrogen (secondary N) is 1. The van der Waals surface area contributed by atoms with Crippen LogP contribution in [0.15, 0.2) is 28.7 Å². The highest BCUT2D eigenvalue weighted by Crippen LogP contribution is 2.20. The van der Waals surface area contributed by atoms with Crippen molar-refractivity contribution < 1.29 is 13.9 Å². The maximum absolute atomic E-state index is 13.1. The lowest BCUT2D eigenvalue weighted by molar-refractivity contribution is 0.0137. The van der Waals surface area contributed by atoms with Crippen LogP contribution >= 0.6 is 0 Å². The van der Waals surface area contributed by atoms with Crippen molar-refractivity contribution in [3.05, 3.63) is 35.8 Å². The summed E-state index contributed by atoms with van der Waals surface area (Å²) in [7, 11) is 0.